The molecular formula is C16H10BrNO3. The number of hydrogen-bond donors (Lipinski definition) is 1. The average Bonchev–Trinajstić information content (AvgIpc) is 3.04. The number of fused-ring (bicyclic) bond motifs is 2. The third kappa shape index (κ3) is 2.10. The molecular weight excluding hydrogens is 334 g/mol. The lowest BCUT2D eigenvalue weighted by atomic mass is 10.0. The molecule has 2 aliphatic heterocycles. The number of ether oxygens (including phenoxy) is 2. The number of anilines is 1. The number of carbonyl (C=O) groups is 1. The number of carbonyl (C=O) groups excluding carboxylic acids is 1. The predicted molar refractivity (Wildman–Crippen MR) is 83.2 cm³/mol. The molecule has 0 aliphatic carbocycles. The van der Waals surface area contributed by atoms with E-state index in [-0.39, 0.29) is 12.7 Å². The molecule has 0 saturated carbocycles. The Labute approximate surface area is 129 Å². The molecule has 0 radical (unpaired) electrons. The highest BCUT2D eigenvalue weighted by Crippen LogP contribution is 2.37. The van der Waals surface area contributed by atoms with Crippen molar-refractivity contribution in [3.63, 3.8) is 0 Å². The largest absolute Gasteiger partial charge is 0.454 e. The van der Waals surface area contributed by atoms with E-state index in [1.165, 1.54) is 0 Å². The first-order chi connectivity index (χ1) is 10.2. The number of halogens is 1. The molecule has 2 heterocycles. The summed E-state index contributed by atoms with van der Waals surface area (Å²) >= 11 is 3.44. The minimum Gasteiger partial charge on any atom is -0.454 e. The minimum atomic E-state index is -0.0965. The summed E-state index contributed by atoms with van der Waals surface area (Å²) in [6, 6.07) is 11.4. The molecule has 4 rings (SSSR count). The van der Waals surface area contributed by atoms with E-state index >= 15 is 0 Å². The zero-order chi connectivity index (χ0) is 14.4. The van der Waals surface area contributed by atoms with Crippen LogP contribution in [0.3, 0.4) is 0 Å². The molecule has 0 unspecified atom stereocenters. The Morgan fingerprint density at radius 3 is 2.86 bits per heavy atom. The molecule has 0 atom stereocenters. The summed E-state index contributed by atoms with van der Waals surface area (Å²) in [4.78, 5) is 12.1. The van der Waals surface area contributed by atoms with Crippen LogP contribution < -0.4 is 14.8 Å². The smallest absolute Gasteiger partial charge is 0.256 e. The molecule has 1 N–H and O–H groups in total. The van der Waals surface area contributed by atoms with Crippen molar-refractivity contribution >= 4 is 39.2 Å². The quantitative estimate of drug-likeness (QED) is 0.803. The van der Waals surface area contributed by atoms with E-state index in [2.05, 4.69) is 21.2 Å². The molecule has 2 aromatic rings. The van der Waals surface area contributed by atoms with Crippen LogP contribution in [0.4, 0.5) is 5.69 Å². The molecule has 5 heteroatoms. The number of hydrogen-bond acceptors (Lipinski definition) is 3. The minimum absolute atomic E-state index is 0.0965. The molecule has 0 bridgehead atoms. The highest BCUT2D eigenvalue weighted by atomic mass is 79.9. The van der Waals surface area contributed by atoms with Gasteiger partial charge in [0, 0.05) is 21.3 Å². The van der Waals surface area contributed by atoms with Crippen LogP contribution in [-0.2, 0) is 4.79 Å². The van der Waals surface area contributed by atoms with Crippen molar-refractivity contribution in [2.75, 3.05) is 12.1 Å². The van der Waals surface area contributed by atoms with E-state index in [0.717, 1.165) is 27.0 Å². The molecule has 0 fully saturated rings. The summed E-state index contributed by atoms with van der Waals surface area (Å²) in [6.45, 7) is 0.242. The van der Waals surface area contributed by atoms with Gasteiger partial charge in [-0.1, -0.05) is 22.0 Å². The van der Waals surface area contributed by atoms with Crippen molar-refractivity contribution in [3.8, 4) is 11.5 Å². The average molecular weight is 344 g/mol. The van der Waals surface area contributed by atoms with Crippen molar-refractivity contribution in [1.29, 1.82) is 0 Å². The number of benzene rings is 2. The third-order valence-corrected chi connectivity index (χ3v) is 3.97. The summed E-state index contributed by atoms with van der Waals surface area (Å²) < 4.78 is 11.6. The fourth-order valence-electron chi connectivity index (χ4n) is 2.47. The lowest BCUT2D eigenvalue weighted by Crippen LogP contribution is -2.03. The Kier molecular flexibility index (Phi) is 2.75. The summed E-state index contributed by atoms with van der Waals surface area (Å²) in [6.07, 6.45) is 1.86. The molecule has 21 heavy (non-hydrogen) atoms. The Morgan fingerprint density at radius 1 is 1.10 bits per heavy atom. The van der Waals surface area contributed by atoms with Crippen molar-refractivity contribution < 1.29 is 14.3 Å². The lowest BCUT2D eigenvalue weighted by molar-refractivity contribution is -0.110. The second-order valence-electron chi connectivity index (χ2n) is 4.81. The van der Waals surface area contributed by atoms with E-state index in [9.17, 15) is 4.79 Å². The molecule has 2 aromatic carbocycles. The summed E-state index contributed by atoms with van der Waals surface area (Å²) in [5.41, 5.74) is 3.27. The monoisotopic (exact) mass is 343 g/mol. The van der Waals surface area contributed by atoms with Gasteiger partial charge in [-0.15, -0.1) is 0 Å². The van der Waals surface area contributed by atoms with Gasteiger partial charge in [0.15, 0.2) is 11.5 Å². The molecule has 1 amide bonds. The Morgan fingerprint density at radius 2 is 1.95 bits per heavy atom. The number of amides is 1. The van der Waals surface area contributed by atoms with Gasteiger partial charge in [0.05, 0.1) is 0 Å². The van der Waals surface area contributed by atoms with Crippen LogP contribution in [0.5, 0.6) is 11.5 Å². The summed E-state index contributed by atoms with van der Waals surface area (Å²) in [5.74, 6) is 1.34. The van der Waals surface area contributed by atoms with Crippen molar-refractivity contribution in [1.82, 2.24) is 0 Å². The van der Waals surface area contributed by atoms with Crippen LogP contribution in [0.1, 0.15) is 11.1 Å². The summed E-state index contributed by atoms with van der Waals surface area (Å²) in [7, 11) is 0. The van der Waals surface area contributed by atoms with Gasteiger partial charge in [-0.2, -0.15) is 0 Å². The van der Waals surface area contributed by atoms with Crippen LogP contribution in [0, 0.1) is 0 Å². The Bertz CT molecular complexity index is 798. The molecule has 0 aromatic heterocycles. The third-order valence-electron chi connectivity index (χ3n) is 3.47. The van der Waals surface area contributed by atoms with Gasteiger partial charge >= 0.3 is 0 Å². The first kappa shape index (κ1) is 12.5. The van der Waals surface area contributed by atoms with Crippen molar-refractivity contribution in [2.45, 2.75) is 0 Å². The first-order valence-corrected chi connectivity index (χ1v) is 7.23. The highest BCUT2D eigenvalue weighted by molar-refractivity contribution is 9.10. The Hall–Kier alpha value is -2.27. The highest BCUT2D eigenvalue weighted by Gasteiger charge is 2.24. The zero-order valence-electron chi connectivity index (χ0n) is 10.9. The van der Waals surface area contributed by atoms with Crippen molar-refractivity contribution in [2.24, 2.45) is 0 Å². The normalized spacial score (nSPS) is 17.0. The van der Waals surface area contributed by atoms with Crippen LogP contribution in [0.15, 0.2) is 40.9 Å². The fraction of sp³-hybridized carbons (Fsp3) is 0.0625. The standard InChI is InChI=1S/C16H10BrNO3/c17-10-2-3-13-11(7-10)12(16(19)18-13)5-9-1-4-14-15(6-9)21-8-20-14/h1-7H,8H2,(H,18,19). The van der Waals surface area contributed by atoms with Crippen LogP contribution >= 0.6 is 15.9 Å². The second-order valence-corrected chi connectivity index (χ2v) is 5.73. The van der Waals surface area contributed by atoms with Gasteiger partial charge in [-0.25, -0.2) is 0 Å². The van der Waals surface area contributed by atoms with Gasteiger partial charge < -0.3 is 14.8 Å². The Balaban J connectivity index is 1.80. The van der Waals surface area contributed by atoms with Crippen LogP contribution in [0.25, 0.3) is 11.6 Å². The predicted octanol–water partition coefficient (Wildman–Crippen LogP) is 3.67. The molecule has 2 aliphatic rings. The maximum absolute atomic E-state index is 12.1. The van der Waals surface area contributed by atoms with Gasteiger partial charge in [-0.3, -0.25) is 4.79 Å². The molecule has 104 valence electrons. The van der Waals surface area contributed by atoms with E-state index < -0.39 is 0 Å². The molecule has 4 nitrogen and oxygen atoms in total. The van der Waals surface area contributed by atoms with Gasteiger partial charge in [-0.05, 0) is 42.0 Å². The zero-order valence-corrected chi connectivity index (χ0v) is 12.4. The van der Waals surface area contributed by atoms with E-state index in [1.54, 1.807) is 0 Å². The topological polar surface area (TPSA) is 47.6 Å². The maximum atomic E-state index is 12.1. The van der Waals surface area contributed by atoms with Crippen LogP contribution in [0.2, 0.25) is 0 Å². The maximum Gasteiger partial charge on any atom is 0.256 e. The van der Waals surface area contributed by atoms with Gasteiger partial charge in [0.1, 0.15) is 0 Å². The molecule has 0 spiro atoms. The van der Waals surface area contributed by atoms with Gasteiger partial charge in [0.25, 0.3) is 5.91 Å². The van der Waals surface area contributed by atoms with E-state index in [1.807, 2.05) is 42.5 Å². The molecule has 0 saturated heterocycles. The van der Waals surface area contributed by atoms with Gasteiger partial charge in [0.2, 0.25) is 6.79 Å². The van der Waals surface area contributed by atoms with Crippen LogP contribution in [-0.4, -0.2) is 12.7 Å². The second kappa shape index (κ2) is 4.63. The number of rotatable bonds is 1. The summed E-state index contributed by atoms with van der Waals surface area (Å²) in [5, 5.41) is 2.86. The first-order valence-electron chi connectivity index (χ1n) is 6.43. The van der Waals surface area contributed by atoms with E-state index in [4.69, 9.17) is 9.47 Å². The van der Waals surface area contributed by atoms with Crippen molar-refractivity contribution in [3.05, 3.63) is 52.0 Å². The SMILES string of the molecule is O=C1Nc2ccc(Br)cc2C1=Cc1ccc2c(c1)OCO2. The number of nitrogens with one attached hydrogen (secondary N) is 1. The lowest BCUT2D eigenvalue weighted by Gasteiger charge is -2.01. The fourth-order valence-corrected chi connectivity index (χ4v) is 2.83. The van der Waals surface area contributed by atoms with E-state index in [0.29, 0.717) is 11.3 Å².